The van der Waals surface area contributed by atoms with Gasteiger partial charge in [0, 0.05) is 0 Å². The van der Waals surface area contributed by atoms with Crippen molar-refractivity contribution in [3.63, 3.8) is 0 Å². The van der Waals surface area contributed by atoms with Crippen LogP contribution in [0.2, 0.25) is 0 Å². The van der Waals surface area contributed by atoms with E-state index in [0.717, 1.165) is 62.0 Å². The molecule has 0 aliphatic heterocycles. The molecule has 2 aliphatic rings. The van der Waals surface area contributed by atoms with Crippen LogP contribution in [0.3, 0.4) is 0 Å². The van der Waals surface area contributed by atoms with Gasteiger partial charge in [0.15, 0.2) is 0 Å². The fraction of sp³-hybridized carbons (Fsp3) is 0.692. The summed E-state index contributed by atoms with van der Waals surface area (Å²) in [5, 5.41) is 0. The van der Waals surface area contributed by atoms with Gasteiger partial charge in [-0.05, 0) is 92.7 Å². The van der Waals surface area contributed by atoms with E-state index in [4.69, 9.17) is 0 Å². The van der Waals surface area contributed by atoms with E-state index in [-0.39, 0.29) is 6.67 Å². The molecule has 0 unspecified atom stereocenters. The van der Waals surface area contributed by atoms with Crippen molar-refractivity contribution in [1.82, 2.24) is 0 Å². The van der Waals surface area contributed by atoms with Gasteiger partial charge in [0.2, 0.25) is 0 Å². The van der Waals surface area contributed by atoms with Crippen LogP contribution >= 0.6 is 0 Å². The maximum Gasteiger partial charge on any atom is 0.422 e. The molecule has 6 heteroatoms. The summed E-state index contributed by atoms with van der Waals surface area (Å²) in [7, 11) is 0. The van der Waals surface area contributed by atoms with Crippen molar-refractivity contribution in [3.05, 3.63) is 47.0 Å². The molecule has 0 nitrogen and oxygen atoms in total. The van der Waals surface area contributed by atoms with Crippen molar-refractivity contribution < 1.29 is 26.3 Å². The van der Waals surface area contributed by atoms with Crippen LogP contribution in [-0.4, -0.2) is 6.67 Å². The summed E-state index contributed by atoms with van der Waals surface area (Å²) in [5.41, 5.74) is -1.50. The lowest BCUT2D eigenvalue weighted by Crippen LogP contribution is -2.26. The zero-order valence-corrected chi connectivity index (χ0v) is 18.6. The van der Waals surface area contributed by atoms with Crippen LogP contribution in [0.5, 0.6) is 0 Å². The molecule has 1 aromatic rings. The standard InChI is InChI=1S/C26H34F6/c27-15-3-1-2-4-18-7-11-21(12-8-18)22-13-9-19(10-14-22)5-6-20-16-23(28)25(24(29)17-20)26(30,31)32/h1,3,16-19,21-22H,2,4-15H2/t18-,19-,21-,22-. The first-order chi connectivity index (χ1) is 15.3. The van der Waals surface area contributed by atoms with Crippen LogP contribution in [0.4, 0.5) is 26.3 Å². The first kappa shape index (κ1) is 25.2. The number of rotatable bonds is 8. The van der Waals surface area contributed by atoms with Crippen molar-refractivity contribution in [2.75, 3.05) is 6.67 Å². The molecule has 2 aliphatic carbocycles. The predicted octanol–water partition coefficient (Wildman–Crippen LogP) is 8.83. The predicted molar refractivity (Wildman–Crippen MR) is 115 cm³/mol. The highest BCUT2D eigenvalue weighted by atomic mass is 19.4. The minimum Gasteiger partial charge on any atom is -0.247 e. The molecule has 0 amide bonds. The van der Waals surface area contributed by atoms with Gasteiger partial charge in [0.05, 0.1) is 0 Å². The lowest BCUT2D eigenvalue weighted by Gasteiger charge is -2.38. The number of allylic oxidation sites excluding steroid dienone is 2. The van der Waals surface area contributed by atoms with E-state index in [0.29, 0.717) is 17.9 Å². The van der Waals surface area contributed by atoms with Gasteiger partial charge >= 0.3 is 6.18 Å². The maximum atomic E-state index is 13.8. The van der Waals surface area contributed by atoms with Crippen LogP contribution in [-0.2, 0) is 12.6 Å². The topological polar surface area (TPSA) is 0 Å². The maximum absolute atomic E-state index is 13.8. The lowest BCUT2D eigenvalue weighted by atomic mass is 9.68. The number of alkyl halides is 4. The first-order valence-corrected chi connectivity index (χ1v) is 12.0. The minimum absolute atomic E-state index is 0.301. The van der Waals surface area contributed by atoms with Crippen LogP contribution in [0.15, 0.2) is 24.3 Å². The quantitative estimate of drug-likeness (QED) is 0.268. The molecule has 0 saturated heterocycles. The third-order valence-corrected chi connectivity index (χ3v) is 7.67. The Bertz CT molecular complexity index is 714. The summed E-state index contributed by atoms with van der Waals surface area (Å²) < 4.78 is 77.8. The van der Waals surface area contributed by atoms with E-state index in [1.165, 1.54) is 38.5 Å². The van der Waals surface area contributed by atoms with E-state index in [9.17, 15) is 26.3 Å². The Balaban J connectivity index is 1.39. The molecular weight excluding hydrogens is 426 g/mol. The Morgan fingerprint density at radius 2 is 1.25 bits per heavy atom. The molecule has 0 bridgehead atoms. The monoisotopic (exact) mass is 460 g/mol. The molecule has 180 valence electrons. The van der Waals surface area contributed by atoms with E-state index in [1.54, 1.807) is 6.08 Å². The zero-order valence-electron chi connectivity index (χ0n) is 18.6. The number of hydrogen-bond donors (Lipinski definition) is 0. The summed E-state index contributed by atoms with van der Waals surface area (Å²) in [6, 6.07) is 1.67. The molecule has 2 fully saturated rings. The average molecular weight is 461 g/mol. The Morgan fingerprint density at radius 3 is 1.72 bits per heavy atom. The molecule has 2 saturated carbocycles. The van der Waals surface area contributed by atoms with Gasteiger partial charge in [-0.2, -0.15) is 13.2 Å². The highest BCUT2D eigenvalue weighted by Crippen LogP contribution is 2.43. The van der Waals surface area contributed by atoms with Gasteiger partial charge in [0.25, 0.3) is 0 Å². The van der Waals surface area contributed by atoms with E-state index in [2.05, 4.69) is 0 Å². The largest absolute Gasteiger partial charge is 0.422 e. The SMILES string of the molecule is FCC=CCC[C@H]1CC[C@H]([C@H]2CC[C@H](CCc3cc(F)c(C(F)(F)F)c(F)c3)CC2)CC1. The molecule has 0 aromatic heterocycles. The van der Waals surface area contributed by atoms with Crippen LogP contribution in [0.25, 0.3) is 0 Å². The highest BCUT2D eigenvalue weighted by molar-refractivity contribution is 5.28. The Labute approximate surface area is 187 Å². The normalized spacial score (nSPS) is 27.2. The van der Waals surface area contributed by atoms with E-state index < -0.39 is 23.4 Å². The van der Waals surface area contributed by atoms with E-state index >= 15 is 0 Å². The summed E-state index contributed by atoms with van der Waals surface area (Å²) in [6.45, 7) is -0.381. The molecule has 1 aromatic carbocycles. The lowest BCUT2D eigenvalue weighted by molar-refractivity contribution is -0.142. The van der Waals surface area contributed by atoms with Crippen LogP contribution in [0, 0.1) is 35.3 Å². The molecule has 0 N–H and O–H groups in total. The number of benzene rings is 1. The second-order valence-electron chi connectivity index (χ2n) is 9.74. The third kappa shape index (κ3) is 7.02. The summed E-state index contributed by atoms with van der Waals surface area (Å²) >= 11 is 0. The zero-order chi connectivity index (χ0) is 23.1. The summed E-state index contributed by atoms with van der Waals surface area (Å²) in [6.07, 6.45) is 11.4. The minimum atomic E-state index is -5.02. The molecule has 0 radical (unpaired) electrons. The molecule has 3 rings (SSSR count). The second kappa shape index (κ2) is 11.6. The number of aryl methyl sites for hydroxylation is 1. The average Bonchev–Trinajstić information content (AvgIpc) is 2.75. The molecule has 0 spiro atoms. The molecule has 0 heterocycles. The van der Waals surface area contributed by atoms with Crippen LogP contribution < -0.4 is 0 Å². The first-order valence-electron chi connectivity index (χ1n) is 12.0. The summed E-state index contributed by atoms with van der Waals surface area (Å²) in [4.78, 5) is 0. The van der Waals surface area contributed by atoms with Crippen molar-refractivity contribution in [2.45, 2.75) is 83.2 Å². The van der Waals surface area contributed by atoms with Gasteiger partial charge in [0.1, 0.15) is 23.9 Å². The fourth-order valence-electron chi connectivity index (χ4n) is 5.82. The Kier molecular flexibility index (Phi) is 9.13. The van der Waals surface area contributed by atoms with Gasteiger partial charge in [-0.25, -0.2) is 13.2 Å². The van der Waals surface area contributed by atoms with Crippen molar-refractivity contribution in [1.29, 1.82) is 0 Å². The van der Waals surface area contributed by atoms with Gasteiger partial charge in [-0.3, -0.25) is 0 Å². The number of halogens is 6. The highest BCUT2D eigenvalue weighted by Gasteiger charge is 2.38. The molecular formula is C26H34F6. The Hall–Kier alpha value is -1.46. The van der Waals surface area contributed by atoms with Crippen molar-refractivity contribution in [2.24, 2.45) is 23.7 Å². The smallest absolute Gasteiger partial charge is 0.247 e. The molecule has 32 heavy (non-hydrogen) atoms. The van der Waals surface area contributed by atoms with Gasteiger partial charge in [-0.15, -0.1) is 0 Å². The van der Waals surface area contributed by atoms with E-state index in [1.807, 2.05) is 6.08 Å². The van der Waals surface area contributed by atoms with Gasteiger partial charge in [-0.1, -0.05) is 37.8 Å². The van der Waals surface area contributed by atoms with Crippen LogP contribution in [0.1, 0.15) is 81.8 Å². The van der Waals surface area contributed by atoms with Crippen molar-refractivity contribution in [3.8, 4) is 0 Å². The third-order valence-electron chi connectivity index (χ3n) is 7.67. The van der Waals surface area contributed by atoms with Gasteiger partial charge < -0.3 is 0 Å². The summed E-state index contributed by atoms with van der Waals surface area (Å²) in [5.74, 6) is -0.281. The number of hydrogen-bond acceptors (Lipinski definition) is 0. The fourth-order valence-corrected chi connectivity index (χ4v) is 5.82. The second-order valence-corrected chi connectivity index (χ2v) is 9.74. The molecule has 0 atom stereocenters. The van der Waals surface area contributed by atoms with Crippen molar-refractivity contribution >= 4 is 0 Å². The Morgan fingerprint density at radius 1 is 0.750 bits per heavy atom.